The van der Waals surface area contributed by atoms with E-state index >= 15 is 0 Å². The first kappa shape index (κ1) is 16.7. The van der Waals surface area contributed by atoms with Gasteiger partial charge in [-0.1, -0.05) is 18.2 Å². The smallest absolute Gasteiger partial charge is 0.159 e. The van der Waals surface area contributed by atoms with Crippen LogP contribution in [-0.4, -0.2) is 11.6 Å². The molecule has 0 aliphatic rings. The number of hydrogen-bond donors (Lipinski definition) is 0. The second-order valence-electron chi connectivity index (χ2n) is 5.88. The fourth-order valence-electron chi connectivity index (χ4n) is 2.71. The van der Waals surface area contributed by atoms with Crippen molar-refractivity contribution >= 4 is 28.6 Å². The van der Waals surface area contributed by atoms with E-state index in [1.807, 2.05) is 78.9 Å². The minimum atomic E-state index is 0.0450. The van der Waals surface area contributed by atoms with Crippen LogP contribution in [0.1, 0.15) is 34.6 Å². The van der Waals surface area contributed by atoms with Crippen molar-refractivity contribution in [3.05, 3.63) is 90.0 Å². The Morgan fingerprint density at radius 3 is 1.28 bits per heavy atom. The molecule has 0 fully saturated rings. The fraction of sp³-hybridized carbons (Fsp3) is 0.0909. The molecule has 3 aromatic carbocycles. The van der Waals surface area contributed by atoms with Crippen LogP contribution in [-0.2, 0) is 0 Å². The molecule has 0 amide bonds. The average molecular weight is 329 g/mol. The SMILES string of the molecule is CC(=O)c1ccc(N(c2ccccc2)c2ccc(C(C)=O)cc2)cc1. The molecular formula is C22H19NO2. The first-order chi connectivity index (χ1) is 12.1. The number of nitrogens with zero attached hydrogens (tertiary/aromatic N) is 1. The summed E-state index contributed by atoms with van der Waals surface area (Å²) in [4.78, 5) is 25.1. The second kappa shape index (κ2) is 7.14. The standard InChI is InChI=1S/C22H19NO2/c1-16(24)18-8-12-21(13-9-18)23(20-6-4-3-5-7-20)22-14-10-19(11-15-22)17(2)25/h3-15H,1-2H3. The topological polar surface area (TPSA) is 37.4 Å². The van der Waals surface area contributed by atoms with Crippen LogP contribution >= 0.6 is 0 Å². The van der Waals surface area contributed by atoms with Crippen LogP contribution < -0.4 is 4.90 Å². The summed E-state index contributed by atoms with van der Waals surface area (Å²) in [5, 5.41) is 0. The van der Waals surface area contributed by atoms with E-state index in [2.05, 4.69) is 4.90 Å². The van der Waals surface area contributed by atoms with Crippen LogP contribution in [0.15, 0.2) is 78.9 Å². The van der Waals surface area contributed by atoms with Crippen molar-refractivity contribution in [3.8, 4) is 0 Å². The van der Waals surface area contributed by atoms with Gasteiger partial charge in [0.1, 0.15) is 0 Å². The van der Waals surface area contributed by atoms with Gasteiger partial charge in [0.15, 0.2) is 11.6 Å². The minimum absolute atomic E-state index is 0.0450. The highest BCUT2D eigenvalue weighted by atomic mass is 16.1. The van der Waals surface area contributed by atoms with Crippen LogP contribution in [0.2, 0.25) is 0 Å². The summed E-state index contributed by atoms with van der Waals surface area (Å²) < 4.78 is 0. The molecule has 0 radical (unpaired) electrons. The number of para-hydroxylation sites is 1. The van der Waals surface area contributed by atoms with Crippen molar-refractivity contribution in [2.45, 2.75) is 13.8 Å². The number of ketones is 2. The lowest BCUT2D eigenvalue weighted by molar-refractivity contribution is 0.100. The summed E-state index contributed by atoms with van der Waals surface area (Å²) in [5.41, 5.74) is 4.28. The van der Waals surface area contributed by atoms with E-state index in [9.17, 15) is 9.59 Å². The molecule has 0 bridgehead atoms. The number of benzene rings is 3. The summed E-state index contributed by atoms with van der Waals surface area (Å²) in [5.74, 6) is 0.0900. The summed E-state index contributed by atoms with van der Waals surface area (Å²) >= 11 is 0. The van der Waals surface area contributed by atoms with Gasteiger partial charge in [0.05, 0.1) is 0 Å². The predicted octanol–water partition coefficient (Wildman–Crippen LogP) is 5.56. The third-order valence-corrected chi connectivity index (χ3v) is 4.08. The van der Waals surface area contributed by atoms with Crippen LogP contribution in [0, 0.1) is 0 Å². The molecule has 0 heterocycles. The molecule has 3 heteroatoms. The molecule has 0 aliphatic heterocycles. The summed E-state index contributed by atoms with van der Waals surface area (Å²) in [6, 6.07) is 25.0. The molecule has 0 aliphatic carbocycles. The molecule has 0 atom stereocenters. The van der Waals surface area contributed by atoms with E-state index in [0.29, 0.717) is 11.1 Å². The zero-order chi connectivity index (χ0) is 17.8. The highest BCUT2D eigenvalue weighted by molar-refractivity contribution is 5.95. The molecule has 0 saturated carbocycles. The molecule has 0 spiro atoms. The van der Waals surface area contributed by atoms with E-state index in [-0.39, 0.29) is 11.6 Å². The molecule has 3 aromatic rings. The molecule has 0 unspecified atom stereocenters. The maximum atomic E-state index is 11.5. The van der Waals surface area contributed by atoms with E-state index < -0.39 is 0 Å². The number of anilines is 3. The van der Waals surface area contributed by atoms with Crippen LogP contribution in [0.4, 0.5) is 17.1 Å². The average Bonchev–Trinajstić information content (AvgIpc) is 2.64. The Bertz CT molecular complexity index is 824. The number of Topliss-reactive ketones (excluding diaryl/α,β-unsaturated/α-hetero) is 2. The van der Waals surface area contributed by atoms with Crippen molar-refractivity contribution in [2.75, 3.05) is 4.90 Å². The van der Waals surface area contributed by atoms with Gasteiger partial charge >= 0.3 is 0 Å². The van der Waals surface area contributed by atoms with Crippen molar-refractivity contribution in [3.63, 3.8) is 0 Å². The van der Waals surface area contributed by atoms with E-state index in [4.69, 9.17) is 0 Å². The largest absolute Gasteiger partial charge is 0.311 e. The van der Waals surface area contributed by atoms with Crippen molar-refractivity contribution in [2.24, 2.45) is 0 Å². The van der Waals surface area contributed by atoms with Crippen LogP contribution in [0.5, 0.6) is 0 Å². The normalized spacial score (nSPS) is 10.3. The highest BCUT2D eigenvalue weighted by Gasteiger charge is 2.13. The molecule has 3 rings (SSSR count). The van der Waals surface area contributed by atoms with E-state index in [0.717, 1.165) is 17.1 Å². The number of carbonyl (C=O) groups is 2. The van der Waals surface area contributed by atoms with Gasteiger partial charge in [0.2, 0.25) is 0 Å². The monoisotopic (exact) mass is 329 g/mol. The summed E-state index contributed by atoms with van der Waals surface area (Å²) in [6.45, 7) is 3.12. The quantitative estimate of drug-likeness (QED) is 0.575. The first-order valence-electron chi connectivity index (χ1n) is 8.13. The minimum Gasteiger partial charge on any atom is -0.311 e. The molecule has 0 N–H and O–H groups in total. The molecule has 25 heavy (non-hydrogen) atoms. The molecule has 0 aromatic heterocycles. The molecule has 0 saturated heterocycles. The highest BCUT2D eigenvalue weighted by Crippen LogP contribution is 2.34. The third kappa shape index (κ3) is 3.66. The first-order valence-corrected chi connectivity index (χ1v) is 8.13. The molecule has 124 valence electrons. The Balaban J connectivity index is 2.07. The number of hydrogen-bond acceptors (Lipinski definition) is 3. The lowest BCUT2D eigenvalue weighted by Crippen LogP contribution is -2.10. The van der Waals surface area contributed by atoms with Crippen molar-refractivity contribution < 1.29 is 9.59 Å². The van der Waals surface area contributed by atoms with Gasteiger partial charge < -0.3 is 4.90 Å². The number of rotatable bonds is 5. The van der Waals surface area contributed by atoms with Gasteiger partial charge in [0, 0.05) is 28.2 Å². The molecular weight excluding hydrogens is 310 g/mol. The zero-order valence-electron chi connectivity index (χ0n) is 14.3. The van der Waals surface area contributed by atoms with Crippen molar-refractivity contribution in [1.82, 2.24) is 0 Å². The van der Waals surface area contributed by atoms with E-state index in [1.165, 1.54) is 0 Å². The van der Waals surface area contributed by atoms with Gasteiger partial charge in [0.25, 0.3) is 0 Å². The zero-order valence-corrected chi connectivity index (χ0v) is 14.3. The van der Waals surface area contributed by atoms with Crippen LogP contribution in [0.3, 0.4) is 0 Å². The Morgan fingerprint density at radius 2 is 0.920 bits per heavy atom. The van der Waals surface area contributed by atoms with E-state index in [1.54, 1.807) is 13.8 Å². The number of carbonyl (C=O) groups excluding carboxylic acids is 2. The Labute approximate surface area is 147 Å². The fourth-order valence-corrected chi connectivity index (χ4v) is 2.71. The summed E-state index contributed by atoms with van der Waals surface area (Å²) in [7, 11) is 0. The Hall–Kier alpha value is -3.20. The lowest BCUT2D eigenvalue weighted by Gasteiger charge is -2.25. The third-order valence-electron chi connectivity index (χ3n) is 4.08. The van der Waals surface area contributed by atoms with Gasteiger partial charge in [-0.2, -0.15) is 0 Å². The molecule has 3 nitrogen and oxygen atoms in total. The predicted molar refractivity (Wildman–Crippen MR) is 101 cm³/mol. The second-order valence-corrected chi connectivity index (χ2v) is 5.88. The van der Waals surface area contributed by atoms with Gasteiger partial charge in [-0.25, -0.2) is 0 Å². The van der Waals surface area contributed by atoms with Crippen molar-refractivity contribution in [1.29, 1.82) is 0 Å². The maximum Gasteiger partial charge on any atom is 0.159 e. The van der Waals surface area contributed by atoms with Gasteiger partial charge in [-0.3, -0.25) is 9.59 Å². The lowest BCUT2D eigenvalue weighted by atomic mass is 10.1. The van der Waals surface area contributed by atoms with Crippen LogP contribution in [0.25, 0.3) is 0 Å². The summed E-state index contributed by atoms with van der Waals surface area (Å²) in [6.07, 6.45) is 0. The Kier molecular flexibility index (Phi) is 4.75. The Morgan fingerprint density at radius 1 is 0.560 bits per heavy atom. The maximum absolute atomic E-state index is 11.5. The van der Waals surface area contributed by atoms with Gasteiger partial charge in [-0.15, -0.1) is 0 Å². The van der Waals surface area contributed by atoms with Gasteiger partial charge in [-0.05, 0) is 74.5 Å².